The molecule has 3 rings (SSSR count). The van der Waals surface area contributed by atoms with Crippen molar-refractivity contribution in [2.45, 2.75) is 19.3 Å². The number of hydrogen-bond donors (Lipinski definition) is 1. The van der Waals surface area contributed by atoms with Crippen LogP contribution in [0.4, 0.5) is 0 Å². The Kier molecular flexibility index (Phi) is 1.26. The van der Waals surface area contributed by atoms with Crippen molar-refractivity contribution in [1.82, 2.24) is 0 Å². The molecular formula is C12H12O2. The van der Waals surface area contributed by atoms with E-state index < -0.39 is 11.4 Å². The second kappa shape index (κ2) is 2.19. The fraction of sp³-hybridized carbons (Fsp3) is 0.417. The van der Waals surface area contributed by atoms with Gasteiger partial charge in [0.25, 0.3) is 0 Å². The lowest BCUT2D eigenvalue weighted by atomic mass is 9.93. The Morgan fingerprint density at radius 2 is 2.21 bits per heavy atom. The van der Waals surface area contributed by atoms with Gasteiger partial charge in [0.1, 0.15) is 0 Å². The summed E-state index contributed by atoms with van der Waals surface area (Å²) in [5.41, 5.74) is 2.14. The zero-order valence-electron chi connectivity index (χ0n) is 8.03. The fourth-order valence-electron chi connectivity index (χ4n) is 3.02. The first kappa shape index (κ1) is 8.04. The Hall–Kier alpha value is -1.31. The average molecular weight is 188 g/mol. The lowest BCUT2D eigenvalue weighted by Crippen LogP contribution is -2.17. The molecule has 0 aliphatic heterocycles. The van der Waals surface area contributed by atoms with Crippen LogP contribution in [0.1, 0.15) is 24.0 Å². The van der Waals surface area contributed by atoms with Crippen LogP contribution >= 0.6 is 0 Å². The van der Waals surface area contributed by atoms with Gasteiger partial charge in [0.05, 0.1) is 5.41 Å². The predicted octanol–water partition coefficient (Wildman–Crippen LogP) is 2.05. The van der Waals surface area contributed by atoms with Crippen molar-refractivity contribution >= 4 is 5.97 Å². The Morgan fingerprint density at radius 1 is 1.50 bits per heavy atom. The van der Waals surface area contributed by atoms with Crippen LogP contribution in [-0.4, -0.2) is 11.1 Å². The van der Waals surface area contributed by atoms with E-state index in [2.05, 4.69) is 12.1 Å². The molecule has 2 aliphatic rings. The standard InChI is InChI=1S/C12H12O2/c1-12(11(13)14)9-6-7-4-2-3-5-8(7)10(9)12/h2-5,9-10H,6H2,1H3,(H,13,14). The maximum Gasteiger partial charge on any atom is 0.310 e. The summed E-state index contributed by atoms with van der Waals surface area (Å²) in [4.78, 5) is 11.1. The molecule has 1 N–H and O–H groups in total. The molecule has 0 aromatic heterocycles. The quantitative estimate of drug-likeness (QED) is 0.732. The molecule has 0 bridgehead atoms. The molecule has 2 heteroatoms. The average Bonchev–Trinajstić information content (AvgIpc) is 2.58. The Morgan fingerprint density at radius 3 is 2.93 bits per heavy atom. The number of aliphatic carboxylic acids is 1. The molecule has 3 unspecified atom stereocenters. The van der Waals surface area contributed by atoms with Gasteiger partial charge in [0, 0.05) is 5.92 Å². The van der Waals surface area contributed by atoms with E-state index in [0.29, 0.717) is 5.92 Å². The van der Waals surface area contributed by atoms with Crippen molar-refractivity contribution < 1.29 is 9.90 Å². The molecular weight excluding hydrogens is 176 g/mol. The summed E-state index contributed by atoms with van der Waals surface area (Å²) in [6.07, 6.45) is 0.948. The molecule has 2 nitrogen and oxygen atoms in total. The van der Waals surface area contributed by atoms with Crippen LogP contribution in [0.5, 0.6) is 0 Å². The van der Waals surface area contributed by atoms with E-state index in [0.717, 1.165) is 6.42 Å². The van der Waals surface area contributed by atoms with Crippen molar-refractivity contribution in [2.75, 3.05) is 0 Å². The van der Waals surface area contributed by atoms with Crippen LogP contribution in [0.3, 0.4) is 0 Å². The molecule has 0 heterocycles. The van der Waals surface area contributed by atoms with E-state index in [4.69, 9.17) is 5.11 Å². The molecule has 0 saturated heterocycles. The van der Waals surface area contributed by atoms with Gasteiger partial charge in [-0.25, -0.2) is 0 Å². The van der Waals surface area contributed by atoms with Gasteiger partial charge >= 0.3 is 5.97 Å². The molecule has 72 valence electrons. The third-order valence-corrected chi connectivity index (χ3v) is 4.00. The zero-order valence-corrected chi connectivity index (χ0v) is 8.03. The van der Waals surface area contributed by atoms with Crippen LogP contribution in [0, 0.1) is 11.3 Å². The number of rotatable bonds is 1. The molecule has 0 radical (unpaired) electrons. The topological polar surface area (TPSA) is 37.3 Å². The van der Waals surface area contributed by atoms with Gasteiger partial charge in [-0.05, 0) is 30.4 Å². The van der Waals surface area contributed by atoms with Crippen molar-refractivity contribution in [3.05, 3.63) is 35.4 Å². The van der Waals surface area contributed by atoms with Crippen molar-refractivity contribution in [2.24, 2.45) is 11.3 Å². The molecule has 14 heavy (non-hydrogen) atoms. The van der Waals surface area contributed by atoms with Crippen LogP contribution in [0.2, 0.25) is 0 Å². The summed E-state index contributed by atoms with van der Waals surface area (Å²) in [5, 5.41) is 9.14. The SMILES string of the molecule is CC1(C(=O)O)C2Cc3ccccc3C21. The maximum atomic E-state index is 11.1. The zero-order chi connectivity index (χ0) is 9.92. The minimum Gasteiger partial charge on any atom is -0.481 e. The minimum absolute atomic E-state index is 0.274. The van der Waals surface area contributed by atoms with Crippen LogP contribution in [0.15, 0.2) is 24.3 Å². The van der Waals surface area contributed by atoms with Crippen molar-refractivity contribution in [3.63, 3.8) is 0 Å². The maximum absolute atomic E-state index is 11.1. The highest BCUT2D eigenvalue weighted by molar-refractivity contribution is 5.82. The van der Waals surface area contributed by atoms with E-state index in [9.17, 15) is 4.79 Å². The Labute approximate surface area is 82.6 Å². The third-order valence-electron chi connectivity index (χ3n) is 4.00. The highest BCUT2D eigenvalue weighted by Crippen LogP contribution is 2.70. The first-order valence-corrected chi connectivity index (χ1v) is 4.97. The summed E-state index contributed by atoms with van der Waals surface area (Å²) >= 11 is 0. The molecule has 0 spiro atoms. The minimum atomic E-state index is -0.637. The Bertz CT molecular complexity index is 424. The van der Waals surface area contributed by atoms with Gasteiger partial charge in [-0.15, -0.1) is 0 Å². The highest BCUT2D eigenvalue weighted by atomic mass is 16.4. The number of carboxylic acid groups (broad SMARTS) is 1. The van der Waals surface area contributed by atoms with Gasteiger partial charge in [0.15, 0.2) is 0 Å². The molecule has 3 atom stereocenters. The van der Waals surface area contributed by atoms with Gasteiger partial charge in [-0.2, -0.15) is 0 Å². The lowest BCUT2D eigenvalue weighted by molar-refractivity contribution is -0.143. The van der Waals surface area contributed by atoms with Gasteiger partial charge in [-0.3, -0.25) is 4.79 Å². The van der Waals surface area contributed by atoms with Crippen LogP contribution in [-0.2, 0) is 11.2 Å². The molecule has 2 aliphatic carbocycles. The first-order valence-electron chi connectivity index (χ1n) is 4.97. The predicted molar refractivity (Wildman–Crippen MR) is 52.1 cm³/mol. The largest absolute Gasteiger partial charge is 0.481 e. The fourth-order valence-corrected chi connectivity index (χ4v) is 3.02. The molecule has 1 fully saturated rings. The second-order valence-electron chi connectivity index (χ2n) is 4.57. The summed E-state index contributed by atoms with van der Waals surface area (Å²) in [6.45, 7) is 1.88. The van der Waals surface area contributed by atoms with Crippen LogP contribution < -0.4 is 0 Å². The summed E-state index contributed by atoms with van der Waals surface area (Å²) < 4.78 is 0. The van der Waals surface area contributed by atoms with E-state index in [-0.39, 0.29) is 5.92 Å². The number of carboxylic acids is 1. The molecule has 1 aromatic rings. The number of carbonyl (C=O) groups is 1. The van der Waals surface area contributed by atoms with Crippen LogP contribution in [0.25, 0.3) is 0 Å². The smallest absolute Gasteiger partial charge is 0.310 e. The summed E-state index contributed by atoms with van der Waals surface area (Å²) in [5.74, 6) is -0.0180. The molecule has 0 amide bonds. The number of benzene rings is 1. The number of hydrogen-bond acceptors (Lipinski definition) is 1. The van der Waals surface area contributed by atoms with Gasteiger partial charge in [-0.1, -0.05) is 24.3 Å². The van der Waals surface area contributed by atoms with Gasteiger partial charge < -0.3 is 5.11 Å². The monoisotopic (exact) mass is 188 g/mol. The summed E-state index contributed by atoms with van der Waals surface area (Å²) in [6, 6.07) is 8.22. The highest BCUT2D eigenvalue weighted by Gasteiger charge is 2.69. The van der Waals surface area contributed by atoms with Gasteiger partial charge in [0.2, 0.25) is 0 Å². The Balaban J connectivity index is 2.05. The molecule has 1 aromatic carbocycles. The lowest BCUT2D eigenvalue weighted by Gasteiger charge is -2.11. The van der Waals surface area contributed by atoms with E-state index >= 15 is 0 Å². The van der Waals surface area contributed by atoms with E-state index in [1.807, 2.05) is 19.1 Å². The normalized spacial score (nSPS) is 37.5. The van der Waals surface area contributed by atoms with Crippen molar-refractivity contribution in [1.29, 1.82) is 0 Å². The summed E-state index contributed by atoms with van der Waals surface area (Å²) in [7, 11) is 0. The third kappa shape index (κ3) is 0.707. The van der Waals surface area contributed by atoms with E-state index in [1.165, 1.54) is 11.1 Å². The second-order valence-corrected chi connectivity index (χ2v) is 4.57. The van der Waals surface area contributed by atoms with E-state index in [1.54, 1.807) is 0 Å². The number of fused-ring (bicyclic) bond motifs is 3. The molecule has 1 saturated carbocycles. The van der Waals surface area contributed by atoms with Crippen molar-refractivity contribution in [3.8, 4) is 0 Å². The first-order chi connectivity index (χ1) is 6.65.